The van der Waals surface area contributed by atoms with Crippen LogP contribution >= 0.6 is 11.8 Å². The Balaban J connectivity index is 2.07. The van der Waals surface area contributed by atoms with Gasteiger partial charge in [0.2, 0.25) is 11.8 Å². The van der Waals surface area contributed by atoms with Gasteiger partial charge in [0.15, 0.2) is 0 Å². The van der Waals surface area contributed by atoms with E-state index in [2.05, 4.69) is 0 Å². The van der Waals surface area contributed by atoms with E-state index < -0.39 is 12.0 Å². The molecule has 0 saturated carbocycles. The number of carbonyl (C=O) groups excluding carboxylic acids is 2. The molecule has 0 aliphatic carbocycles. The zero-order valence-electron chi connectivity index (χ0n) is 14.3. The summed E-state index contributed by atoms with van der Waals surface area (Å²) in [5.74, 6) is 0.0497. The summed E-state index contributed by atoms with van der Waals surface area (Å²) in [6.45, 7) is 2.42. The Morgan fingerprint density at radius 1 is 1.29 bits per heavy atom. The number of amides is 2. The minimum atomic E-state index is -0.925. The molecule has 2 rings (SSSR count). The second-order valence-electron chi connectivity index (χ2n) is 6.32. The summed E-state index contributed by atoms with van der Waals surface area (Å²) < 4.78 is 5.32. The zero-order chi connectivity index (χ0) is 17.7. The zero-order valence-corrected chi connectivity index (χ0v) is 15.1. The van der Waals surface area contributed by atoms with Crippen molar-refractivity contribution in [2.24, 2.45) is 0 Å². The van der Waals surface area contributed by atoms with Crippen LogP contribution in [0.4, 0.5) is 0 Å². The molecule has 2 fully saturated rings. The van der Waals surface area contributed by atoms with Crippen LogP contribution in [-0.2, 0) is 19.1 Å². The average Bonchev–Trinajstić information content (AvgIpc) is 3.18. The van der Waals surface area contributed by atoms with Gasteiger partial charge in [0, 0.05) is 31.9 Å². The van der Waals surface area contributed by atoms with Crippen molar-refractivity contribution in [3.8, 4) is 0 Å². The van der Waals surface area contributed by atoms with Crippen molar-refractivity contribution in [1.29, 1.82) is 0 Å². The molecular formula is C16H26N2O5S. The molecule has 1 N–H and O–H groups in total. The lowest BCUT2D eigenvalue weighted by atomic mass is 10.1. The lowest BCUT2D eigenvalue weighted by molar-refractivity contribution is -0.146. The standard InChI is InChI=1S/C16H26N2O5S/c1-3-4-5-14(19)18-10-24-9-13(18)16(22)17-8-12(23-2)6-11(17)7-15(20)21/h11-13H,3-10H2,1-2H3,(H,20,21). The van der Waals surface area contributed by atoms with Crippen LogP contribution in [0.5, 0.6) is 0 Å². The third-order valence-electron chi connectivity index (χ3n) is 4.63. The molecule has 2 aliphatic heterocycles. The van der Waals surface area contributed by atoms with Crippen LogP contribution < -0.4 is 0 Å². The van der Waals surface area contributed by atoms with E-state index in [9.17, 15) is 14.4 Å². The number of aliphatic carboxylic acids is 1. The Morgan fingerprint density at radius 2 is 2.04 bits per heavy atom. The SMILES string of the molecule is CCCCC(=O)N1CSCC1C(=O)N1CC(OC)CC1CC(=O)O. The fourth-order valence-corrected chi connectivity index (χ4v) is 4.44. The molecule has 24 heavy (non-hydrogen) atoms. The molecular weight excluding hydrogens is 332 g/mol. The molecule has 3 unspecified atom stereocenters. The van der Waals surface area contributed by atoms with E-state index in [1.165, 1.54) is 0 Å². The molecule has 0 bridgehead atoms. The number of carboxylic acids is 1. The average molecular weight is 358 g/mol. The number of hydrogen-bond acceptors (Lipinski definition) is 5. The van der Waals surface area contributed by atoms with Crippen LogP contribution in [0.1, 0.15) is 39.0 Å². The van der Waals surface area contributed by atoms with E-state index in [0.29, 0.717) is 31.0 Å². The second-order valence-corrected chi connectivity index (χ2v) is 7.32. The van der Waals surface area contributed by atoms with Crippen molar-refractivity contribution >= 4 is 29.5 Å². The Morgan fingerprint density at radius 3 is 2.67 bits per heavy atom. The lowest BCUT2D eigenvalue weighted by Gasteiger charge is -2.30. The highest BCUT2D eigenvalue weighted by Crippen LogP contribution is 2.29. The highest BCUT2D eigenvalue weighted by atomic mass is 32.2. The first-order valence-corrected chi connectivity index (χ1v) is 9.55. The van der Waals surface area contributed by atoms with Gasteiger partial charge in [0.1, 0.15) is 6.04 Å². The van der Waals surface area contributed by atoms with Crippen LogP contribution in [0.15, 0.2) is 0 Å². The highest BCUT2D eigenvalue weighted by molar-refractivity contribution is 7.99. The van der Waals surface area contributed by atoms with Gasteiger partial charge < -0.3 is 19.6 Å². The molecule has 0 aromatic carbocycles. The maximum absolute atomic E-state index is 13.0. The number of likely N-dealkylation sites (tertiary alicyclic amines) is 1. The molecule has 2 aliphatic rings. The lowest BCUT2D eigenvalue weighted by Crippen LogP contribution is -2.50. The topological polar surface area (TPSA) is 87.2 Å². The Kier molecular flexibility index (Phi) is 6.91. The van der Waals surface area contributed by atoms with Crippen LogP contribution in [-0.4, -0.2) is 76.2 Å². The quantitative estimate of drug-likeness (QED) is 0.735. The normalized spacial score (nSPS) is 26.8. The van der Waals surface area contributed by atoms with Crippen LogP contribution in [0.2, 0.25) is 0 Å². The highest BCUT2D eigenvalue weighted by Gasteiger charge is 2.43. The molecule has 0 spiro atoms. The number of methoxy groups -OCH3 is 1. The number of rotatable bonds is 7. The number of nitrogens with zero attached hydrogens (tertiary/aromatic N) is 2. The summed E-state index contributed by atoms with van der Waals surface area (Å²) in [6, 6.07) is -0.843. The third-order valence-corrected chi connectivity index (χ3v) is 5.65. The van der Waals surface area contributed by atoms with E-state index in [4.69, 9.17) is 9.84 Å². The third kappa shape index (κ3) is 4.42. The summed E-state index contributed by atoms with van der Waals surface area (Å²) in [6.07, 6.45) is 2.51. The number of carboxylic acid groups (broad SMARTS) is 1. The Bertz CT molecular complexity index is 487. The van der Waals surface area contributed by atoms with Gasteiger partial charge in [-0.25, -0.2) is 0 Å². The number of hydrogen-bond donors (Lipinski definition) is 1. The van der Waals surface area contributed by atoms with Gasteiger partial charge in [-0.05, 0) is 12.8 Å². The van der Waals surface area contributed by atoms with Gasteiger partial charge in [-0.2, -0.15) is 0 Å². The molecule has 136 valence electrons. The second kappa shape index (κ2) is 8.71. The first kappa shape index (κ1) is 19.1. The molecule has 0 aromatic heterocycles. The molecule has 7 nitrogen and oxygen atoms in total. The van der Waals surface area contributed by atoms with E-state index in [0.717, 1.165) is 12.8 Å². The van der Waals surface area contributed by atoms with E-state index >= 15 is 0 Å². The molecule has 0 radical (unpaired) electrons. The summed E-state index contributed by atoms with van der Waals surface area (Å²) in [5, 5.41) is 9.09. The van der Waals surface area contributed by atoms with Crippen LogP contribution in [0.3, 0.4) is 0 Å². The maximum Gasteiger partial charge on any atom is 0.305 e. The van der Waals surface area contributed by atoms with Crippen LogP contribution in [0, 0.1) is 0 Å². The Labute approximate surface area is 146 Å². The number of thioether (sulfide) groups is 1. The maximum atomic E-state index is 13.0. The van der Waals surface area contributed by atoms with Gasteiger partial charge in [0.05, 0.1) is 18.4 Å². The monoisotopic (exact) mass is 358 g/mol. The summed E-state index contributed by atoms with van der Waals surface area (Å²) >= 11 is 1.57. The van der Waals surface area contributed by atoms with Gasteiger partial charge >= 0.3 is 5.97 Å². The van der Waals surface area contributed by atoms with Crippen molar-refractivity contribution in [3.05, 3.63) is 0 Å². The van der Waals surface area contributed by atoms with Gasteiger partial charge in [-0.3, -0.25) is 14.4 Å². The molecule has 8 heteroatoms. The van der Waals surface area contributed by atoms with Crippen molar-refractivity contribution in [2.45, 2.75) is 57.2 Å². The van der Waals surface area contributed by atoms with Gasteiger partial charge in [0.25, 0.3) is 0 Å². The van der Waals surface area contributed by atoms with Crippen molar-refractivity contribution in [1.82, 2.24) is 9.80 Å². The largest absolute Gasteiger partial charge is 0.481 e. The predicted molar refractivity (Wildman–Crippen MR) is 90.7 cm³/mol. The summed E-state index contributed by atoms with van der Waals surface area (Å²) in [4.78, 5) is 39.6. The Hall–Kier alpha value is -1.28. The molecule has 2 amide bonds. The van der Waals surface area contributed by atoms with Crippen molar-refractivity contribution in [3.63, 3.8) is 0 Å². The van der Waals surface area contributed by atoms with E-state index in [1.54, 1.807) is 28.7 Å². The first-order chi connectivity index (χ1) is 11.5. The summed E-state index contributed by atoms with van der Waals surface area (Å²) in [5.41, 5.74) is 0. The molecule has 3 atom stereocenters. The first-order valence-electron chi connectivity index (χ1n) is 8.40. The van der Waals surface area contributed by atoms with Crippen molar-refractivity contribution < 1.29 is 24.2 Å². The minimum absolute atomic E-state index is 0.0115. The number of carbonyl (C=O) groups is 3. The number of unbranched alkanes of at least 4 members (excludes halogenated alkanes) is 1. The number of ether oxygens (including phenoxy) is 1. The molecule has 0 aromatic rings. The molecule has 2 saturated heterocycles. The smallest absolute Gasteiger partial charge is 0.305 e. The summed E-state index contributed by atoms with van der Waals surface area (Å²) in [7, 11) is 1.57. The van der Waals surface area contributed by atoms with E-state index in [-0.39, 0.29) is 30.4 Å². The predicted octanol–water partition coefficient (Wildman–Crippen LogP) is 1.17. The van der Waals surface area contributed by atoms with Gasteiger partial charge in [-0.1, -0.05) is 13.3 Å². The van der Waals surface area contributed by atoms with Gasteiger partial charge in [-0.15, -0.1) is 11.8 Å². The molecule has 2 heterocycles. The van der Waals surface area contributed by atoms with Crippen molar-refractivity contribution in [2.75, 3.05) is 25.3 Å². The fraction of sp³-hybridized carbons (Fsp3) is 0.812. The minimum Gasteiger partial charge on any atom is -0.481 e. The fourth-order valence-electron chi connectivity index (χ4n) is 3.27. The van der Waals surface area contributed by atoms with E-state index in [1.807, 2.05) is 6.92 Å². The van der Waals surface area contributed by atoms with Crippen LogP contribution in [0.25, 0.3) is 0 Å².